The predicted molar refractivity (Wildman–Crippen MR) is 98.3 cm³/mol. The summed E-state index contributed by atoms with van der Waals surface area (Å²) in [6.45, 7) is 2.01. The third-order valence-electron chi connectivity index (χ3n) is 2.89. The molecule has 0 radical (unpaired) electrons. The van der Waals surface area contributed by atoms with Crippen molar-refractivity contribution < 1.29 is 4.79 Å². The zero-order valence-corrected chi connectivity index (χ0v) is 14.2. The van der Waals surface area contributed by atoms with Crippen molar-refractivity contribution in [2.24, 2.45) is 0 Å². The highest BCUT2D eigenvalue weighted by Crippen LogP contribution is 2.22. The minimum Gasteiger partial charge on any atom is -0.293 e. The number of hydrogen-bond acceptors (Lipinski definition) is 4. The fraction of sp³-hybridized carbons (Fsp3) is 0.176. The highest BCUT2D eigenvalue weighted by atomic mass is 32.2. The lowest BCUT2D eigenvalue weighted by atomic mass is 10.1. The van der Waals surface area contributed by atoms with Gasteiger partial charge in [0.05, 0.1) is 5.75 Å². The van der Waals surface area contributed by atoms with E-state index >= 15 is 0 Å². The molecular weight excluding hydrogens is 316 g/mol. The number of aryl methyl sites for hydroxylation is 1. The summed E-state index contributed by atoms with van der Waals surface area (Å²) >= 11 is 8.38. The van der Waals surface area contributed by atoms with Crippen molar-refractivity contribution in [2.75, 3.05) is 5.75 Å². The molecule has 1 nitrogen and oxygen atoms in total. The van der Waals surface area contributed by atoms with Crippen LogP contribution in [0.1, 0.15) is 21.5 Å². The van der Waals surface area contributed by atoms with E-state index in [4.69, 9.17) is 12.2 Å². The van der Waals surface area contributed by atoms with Crippen LogP contribution in [0.4, 0.5) is 0 Å². The van der Waals surface area contributed by atoms with E-state index < -0.39 is 0 Å². The van der Waals surface area contributed by atoms with Crippen LogP contribution in [-0.2, 0) is 5.75 Å². The van der Waals surface area contributed by atoms with Gasteiger partial charge < -0.3 is 0 Å². The van der Waals surface area contributed by atoms with Crippen LogP contribution in [0.2, 0.25) is 0 Å². The molecule has 0 aromatic heterocycles. The zero-order chi connectivity index (χ0) is 15.1. The third kappa shape index (κ3) is 5.65. The minimum atomic E-state index is 0.127. The largest absolute Gasteiger partial charge is 0.293 e. The average molecular weight is 333 g/mol. The number of benzene rings is 2. The van der Waals surface area contributed by atoms with Crippen molar-refractivity contribution in [2.45, 2.75) is 12.7 Å². The second kappa shape index (κ2) is 8.37. The molecule has 2 aromatic carbocycles. The van der Waals surface area contributed by atoms with Gasteiger partial charge in [-0.05, 0) is 12.5 Å². The molecule has 2 rings (SSSR count). The summed E-state index contributed by atoms with van der Waals surface area (Å²) in [5, 5.41) is 0. The fourth-order valence-electron chi connectivity index (χ4n) is 1.71. The molecule has 0 aliphatic rings. The maximum Gasteiger partial charge on any atom is 0.173 e. The Hall–Kier alpha value is -1.10. The van der Waals surface area contributed by atoms with Crippen molar-refractivity contribution in [3.8, 4) is 0 Å². The first-order chi connectivity index (χ1) is 10.1. The topological polar surface area (TPSA) is 17.1 Å². The van der Waals surface area contributed by atoms with Gasteiger partial charge in [-0.25, -0.2) is 0 Å². The molecule has 0 atom stereocenters. The van der Waals surface area contributed by atoms with Crippen molar-refractivity contribution in [1.82, 2.24) is 0 Å². The monoisotopic (exact) mass is 332 g/mol. The van der Waals surface area contributed by atoms with E-state index in [1.54, 1.807) is 11.8 Å². The van der Waals surface area contributed by atoms with E-state index in [1.807, 2.05) is 49.4 Å². The Morgan fingerprint density at radius 1 is 1.00 bits per heavy atom. The number of carbonyl (C=O) groups is 1. The number of thiocarbonyl (C=S) groups is 1. The van der Waals surface area contributed by atoms with Gasteiger partial charge in [0.2, 0.25) is 0 Å². The van der Waals surface area contributed by atoms with Crippen LogP contribution in [0, 0.1) is 6.92 Å². The van der Waals surface area contributed by atoms with Crippen molar-refractivity contribution in [3.63, 3.8) is 0 Å². The Labute approximate surface area is 139 Å². The van der Waals surface area contributed by atoms with Gasteiger partial charge in [-0.15, -0.1) is 11.8 Å². The highest BCUT2D eigenvalue weighted by Gasteiger charge is 2.08. The SMILES string of the molecule is Cc1ccc(C(=O)CSC(=S)SCc2ccccc2)cc1. The molecule has 0 bridgehead atoms. The lowest BCUT2D eigenvalue weighted by Crippen LogP contribution is -2.03. The molecule has 4 heteroatoms. The number of Topliss-reactive ketones (excluding diaryl/α,β-unsaturated/α-hetero) is 1. The van der Waals surface area contributed by atoms with Gasteiger partial charge in [-0.3, -0.25) is 4.79 Å². The third-order valence-corrected chi connectivity index (χ3v) is 5.66. The van der Waals surface area contributed by atoms with Crippen LogP contribution in [-0.4, -0.2) is 15.1 Å². The molecule has 0 aliphatic carbocycles. The number of ketones is 1. The quantitative estimate of drug-likeness (QED) is 0.557. The summed E-state index contributed by atoms with van der Waals surface area (Å²) in [6, 6.07) is 17.9. The lowest BCUT2D eigenvalue weighted by Gasteiger charge is -2.04. The van der Waals surface area contributed by atoms with E-state index in [-0.39, 0.29) is 5.78 Å². The first-order valence-electron chi connectivity index (χ1n) is 6.58. The molecule has 0 N–H and O–H groups in total. The molecule has 2 aromatic rings. The molecule has 0 saturated carbocycles. The van der Waals surface area contributed by atoms with E-state index in [9.17, 15) is 4.79 Å². The van der Waals surface area contributed by atoms with Gasteiger partial charge in [-0.2, -0.15) is 0 Å². The molecule has 108 valence electrons. The number of thioether (sulfide) groups is 2. The van der Waals surface area contributed by atoms with E-state index in [2.05, 4.69) is 12.1 Å². The summed E-state index contributed by atoms with van der Waals surface area (Å²) in [5.41, 5.74) is 3.16. The van der Waals surface area contributed by atoms with Gasteiger partial charge in [0.1, 0.15) is 3.53 Å². The zero-order valence-electron chi connectivity index (χ0n) is 11.7. The molecular formula is C17H16OS3. The minimum absolute atomic E-state index is 0.127. The standard InChI is InChI=1S/C17H16OS3/c1-13-7-9-15(10-8-13)16(18)12-21-17(19)20-11-14-5-3-2-4-6-14/h2-10H,11-12H2,1H3. The normalized spacial score (nSPS) is 10.3. The van der Waals surface area contributed by atoms with Crippen LogP contribution in [0.15, 0.2) is 54.6 Å². The van der Waals surface area contributed by atoms with Crippen molar-refractivity contribution in [3.05, 3.63) is 71.3 Å². The van der Waals surface area contributed by atoms with Gasteiger partial charge in [0.15, 0.2) is 5.78 Å². The van der Waals surface area contributed by atoms with Crippen LogP contribution < -0.4 is 0 Å². The molecule has 0 aliphatic heterocycles. The first-order valence-corrected chi connectivity index (χ1v) is 8.96. The number of hydrogen-bond donors (Lipinski definition) is 0. The van der Waals surface area contributed by atoms with E-state index in [1.165, 1.54) is 17.3 Å². The molecule has 0 amide bonds. The Bertz CT molecular complexity index is 606. The van der Waals surface area contributed by atoms with Gasteiger partial charge in [-0.1, -0.05) is 84.1 Å². The smallest absolute Gasteiger partial charge is 0.173 e. The average Bonchev–Trinajstić information content (AvgIpc) is 2.52. The van der Waals surface area contributed by atoms with Crippen LogP contribution in [0.3, 0.4) is 0 Å². The predicted octanol–water partition coefficient (Wildman–Crippen LogP) is 5.13. The summed E-state index contributed by atoms with van der Waals surface area (Å²) in [4.78, 5) is 12.0. The second-order valence-electron chi connectivity index (χ2n) is 4.60. The first kappa shape index (κ1) is 16.3. The Balaban J connectivity index is 1.76. The number of rotatable bonds is 5. The van der Waals surface area contributed by atoms with E-state index in [0.717, 1.165) is 20.4 Å². The molecule has 21 heavy (non-hydrogen) atoms. The summed E-state index contributed by atoms with van der Waals surface area (Å²) in [5.74, 6) is 1.39. The second-order valence-corrected chi connectivity index (χ2v) is 7.76. The molecule has 0 heterocycles. The van der Waals surface area contributed by atoms with Crippen LogP contribution >= 0.6 is 35.7 Å². The summed E-state index contributed by atoms with van der Waals surface area (Å²) in [7, 11) is 0. The molecule has 0 saturated heterocycles. The molecule has 0 spiro atoms. The van der Waals surface area contributed by atoms with Gasteiger partial charge >= 0.3 is 0 Å². The van der Waals surface area contributed by atoms with Crippen LogP contribution in [0.25, 0.3) is 0 Å². The molecule has 0 fully saturated rings. The van der Waals surface area contributed by atoms with Gasteiger partial charge in [0.25, 0.3) is 0 Å². The lowest BCUT2D eigenvalue weighted by molar-refractivity contribution is 0.102. The fourth-order valence-corrected chi connectivity index (χ4v) is 3.64. The van der Waals surface area contributed by atoms with Gasteiger partial charge in [0, 0.05) is 11.3 Å². The maximum absolute atomic E-state index is 12.0. The van der Waals surface area contributed by atoms with Crippen LogP contribution in [0.5, 0.6) is 0 Å². The van der Waals surface area contributed by atoms with Crippen molar-refractivity contribution >= 4 is 45.1 Å². The maximum atomic E-state index is 12.0. The molecule has 0 unspecified atom stereocenters. The summed E-state index contributed by atoms with van der Waals surface area (Å²) in [6.07, 6.45) is 0. The Morgan fingerprint density at radius 3 is 2.33 bits per heavy atom. The van der Waals surface area contributed by atoms with Crippen molar-refractivity contribution in [1.29, 1.82) is 0 Å². The Kier molecular flexibility index (Phi) is 6.49. The summed E-state index contributed by atoms with van der Waals surface area (Å²) < 4.78 is 0.819. The van der Waals surface area contributed by atoms with E-state index in [0.29, 0.717) is 5.75 Å². The number of carbonyl (C=O) groups excluding carboxylic acids is 1. The highest BCUT2D eigenvalue weighted by molar-refractivity contribution is 8.47. The Morgan fingerprint density at radius 2 is 1.67 bits per heavy atom.